The lowest BCUT2D eigenvalue weighted by Crippen LogP contribution is -2.21. The van der Waals surface area contributed by atoms with Crippen molar-refractivity contribution < 1.29 is 0 Å². The zero-order valence-electron chi connectivity index (χ0n) is 5.84. The molecule has 3 heterocycles. The zero-order valence-corrected chi connectivity index (χ0v) is 5.84. The molecule has 0 unspecified atom stereocenters. The van der Waals surface area contributed by atoms with Crippen molar-refractivity contribution >= 4 is 18.1 Å². The summed E-state index contributed by atoms with van der Waals surface area (Å²) in [6.07, 6.45) is 3.18. The van der Waals surface area contributed by atoms with Crippen molar-refractivity contribution in [3.05, 3.63) is 16.4 Å². The summed E-state index contributed by atoms with van der Waals surface area (Å²) in [6, 6.07) is 0. The molecule has 0 aromatic carbocycles. The van der Waals surface area contributed by atoms with E-state index in [1.165, 1.54) is 0 Å². The van der Waals surface area contributed by atoms with Crippen LogP contribution in [0, 0.1) is 0 Å². The summed E-state index contributed by atoms with van der Waals surface area (Å²) in [5.41, 5.74) is 2.03. The summed E-state index contributed by atoms with van der Waals surface area (Å²) in [5.74, 6) is 0. The third-order valence-electron chi connectivity index (χ3n) is 1.67. The number of aromatic nitrogens is 2. The lowest BCUT2D eigenvalue weighted by molar-refractivity contribution is 0.919. The molecule has 0 radical (unpaired) electrons. The van der Waals surface area contributed by atoms with Crippen LogP contribution in [0.5, 0.6) is 0 Å². The molecule has 0 aliphatic carbocycles. The smallest absolute Gasteiger partial charge is 0.156 e. The first-order valence-electron chi connectivity index (χ1n) is 3.34. The summed E-state index contributed by atoms with van der Waals surface area (Å²) in [5, 5.41) is 23.5. The van der Waals surface area contributed by atoms with E-state index in [1.807, 2.05) is 0 Å². The van der Waals surface area contributed by atoms with E-state index in [4.69, 9.17) is 0 Å². The first-order chi connectivity index (χ1) is 5.95. The zero-order chi connectivity index (χ0) is 7.97. The Kier molecular flexibility index (Phi) is 0.840. The lowest BCUT2D eigenvalue weighted by Gasteiger charge is -1.89. The molecule has 1 aromatic heterocycles. The Hall–Kier alpha value is -1.98. The summed E-state index contributed by atoms with van der Waals surface area (Å²) in [7, 11) is 0. The molecule has 0 amide bonds. The maximum atomic E-state index is 3.89. The van der Waals surface area contributed by atoms with Crippen LogP contribution in [-0.4, -0.2) is 16.4 Å². The van der Waals surface area contributed by atoms with Gasteiger partial charge in [0.2, 0.25) is 5.49 Å². The third-order valence-corrected chi connectivity index (χ3v) is 1.67. The van der Waals surface area contributed by atoms with Crippen molar-refractivity contribution in [3.63, 3.8) is 0 Å². The van der Waals surface area contributed by atoms with Gasteiger partial charge in [0.25, 0.3) is 0 Å². The van der Waals surface area contributed by atoms with Crippen LogP contribution in [0.3, 0.4) is 0 Å². The molecule has 0 bridgehead atoms. The second-order valence-corrected chi connectivity index (χ2v) is 2.36. The number of rotatable bonds is 0. The number of hydrogen-bond acceptors (Lipinski definition) is 6. The van der Waals surface area contributed by atoms with E-state index in [-0.39, 0.29) is 0 Å². The quantitative estimate of drug-likeness (QED) is 0.499. The first kappa shape index (κ1) is 5.64. The molecule has 0 spiro atoms. The van der Waals surface area contributed by atoms with Crippen molar-refractivity contribution in [3.8, 4) is 0 Å². The predicted molar refractivity (Wildman–Crippen MR) is 39.4 cm³/mol. The van der Waals surface area contributed by atoms with Crippen molar-refractivity contribution in [2.45, 2.75) is 0 Å². The Morgan fingerprint density at radius 1 is 1.17 bits per heavy atom. The van der Waals surface area contributed by atoms with Gasteiger partial charge in [0.15, 0.2) is 0 Å². The summed E-state index contributed by atoms with van der Waals surface area (Å²) in [6.45, 7) is 0. The van der Waals surface area contributed by atoms with Crippen LogP contribution in [0.2, 0.25) is 0 Å². The predicted octanol–water partition coefficient (Wildman–Crippen LogP) is -0.721. The van der Waals surface area contributed by atoms with Gasteiger partial charge in [0.05, 0.1) is 18.0 Å². The average Bonchev–Trinajstić information content (AvgIpc) is 2.71. The molecule has 0 N–H and O–H groups in total. The molecule has 0 saturated carbocycles. The van der Waals surface area contributed by atoms with E-state index in [0.717, 1.165) is 5.56 Å². The van der Waals surface area contributed by atoms with E-state index in [1.54, 1.807) is 12.4 Å². The molecule has 3 rings (SSSR count). The fraction of sp³-hybridized carbons (Fsp3) is 0. The van der Waals surface area contributed by atoms with E-state index in [2.05, 4.69) is 30.6 Å². The van der Waals surface area contributed by atoms with Gasteiger partial charge in [-0.25, -0.2) is 0 Å². The van der Waals surface area contributed by atoms with E-state index in [0.29, 0.717) is 16.5 Å². The second-order valence-electron chi connectivity index (χ2n) is 2.36. The molecule has 12 heavy (non-hydrogen) atoms. The SMILES string of the molecule is C1=NN=c2nnc3c(c21)N=NC=3. The van der Waals surface area contributed by atoms with Gasteiger partial charge in [-0.1, -0.05) is 0 Å². The Balaban J connectivity index is 2.57. The van der Waals surface area contributed by atoms with Crippen molar-refractivity contribution in [1.82, 2.24) is 10.2 Å². The van der Waals surface area contributed by atoms with Gasteiger partial charge < -0.3 is 0 Å². The number of azo groups is 1. The topological polar surface area (TPSA) is 75.2 Å². The minimum absolute atomic E-state index is 0.517. The Labute approximate surface area is 66.1 Å². The summed E-state index contributed by atoms with van der Waals surface area (Å²) in [4.78, 5) is 0. The summed E-state index contributed by atoms with van der Waals surface area (Å²) < 4.78 is 0. The van der Waals surface area contributed by atoms with Crippen LogP contribution in [0.15, 0.2) is 20.4 Å². The highest BCUT2D eigenvalue weighted by Crippen LogP contribution is 2.12. The third kappa shape index (κ3) is 0.541. The molecule has 6 heteroatoms. The molecule has 6 nitrogen and oxygen atoms in total. The molecular weight excluding hydrogens is 156 g/mol. The highest BCUT2D eigenvalue weighted by Gasteiger charge is 2.12. The molecule has 0 fully saturated rings. The molecule has 0 saturated heterocycles. The molecule has 56 valence electrons. The van der Waals surface area contributed by atoms with Gasteiger partial charge in [0.1, 0.15) is 11.0 Å². The molecule has 2 aliphatic heterocycles. The Morgan fingerprint density at radius 2 is 2.17 bits per heavy atom. The molecule has 1 aromatic rings. The average molecular weight is 158 g/mol. The standard InChI is InChI=1S/C6H2N6/c1-3-5-4(2-8-10-5)9-12-6(3)11-7-1/h1-2H. The van der Waals surface area contributed by atoms with Gasteiger partial charge >= 0.3 is 0 Å². The van der Waals surface area contributed by atoms with Gasteiger partial charge in [-0.15, -0.1) is 20.4 Å². The fourth-order valence-corrected chi connectivity index (χ4v) is 1.11. The van der Waals surface area contributed by atoms with Crippen LogP contribution in [0.4, 0.5) is 5.69 Å². The Bertz CT molecular complexity index is 477. The first-order valence-corrected chi connectivity index (χ1v) is 3.34. The fourth-order valence-electron chi connectivity index (χ4n) is 1.11. The lowest BCUT2D eigenvalue weighted by atomic mass is 10.2. The maximum Gasteiger partial charge on any atom is 0.207 e. The van der Waals surface area contributed by atoms with Gasteiger partial charge in [-0.2, -0.15) is 10.2 Å². The Morgan fingerprint density at radius 3 is 3.17 bits per heavy atom. The van der Waals surface area contributed by atoms with Crippen molar-refractivity contribution in [2.24, 2.45) is 20.4 Å². The maximum absolute atomic E-state index is 3.89. The number of fused-ring (bicyclic) bond motifs is 3. The van der Waals surface area contributed by atoms with Gasteiger partial charge in [-0.3, -0.25) is 0 Å². The molecule has 2 aliphatic rings. The van der Waals surface area contributed by atoms with Gasteiger partial charge in [0, 0.05) is 0 Å². The summed E-state index contributed by atoms with van der Waals surface area (Å²) >= 11 is 0. The second kappa shape index (κ2) is 1.79. The van der Waals surface area contributed by atoms with Crippen molar-refractivity contribution in [2.75, 3.05) is 0 Å². The molecular formula is C6H2N6. The van der Waals surface area contributed by atoms with Crippen LogP contribution < -0.4 is 10.8 Å². The highest BCUT2D eigenvalue weighted by molar-refractivity contribution is 5.87. The number of nitrogens with zero attached hydrogens (tertiary/aromatic N) is 6. The van der Waals surface area contributed by atoms with Crippen molar-refractivity contribution in [1.29, 1.82) is 0 Å². The van der Waals surface area contributed by atoms with Crippen LogP contribution in [0.25, 0.3) is 6.20 Å². The van der Waals surface area contributed by atoms with E-state index in [9.17, 15) is 0 Å². The van der Waals surface area contributed by atoms with Crippen LogP contribution >= 0.6 is 0 Å². The van der Waals surface area contributed by atoms with Crippen LogP contribution in [0.1, 0.15) is 5.56 Å². The monoisotopic (exact) mass is 158 g/mol. The number of hydrogen-bond donors (Lipinski definition) is 0. The minimum Gasteiger partial charge on any atom is -0.156 e. The van der Waals surface area contributed by atoms with Crippen LogP contribution in [-0.2, 0) is 0 Å². The molecule has 0 atom stereocenters. The minimum atomic E-state index is 0.517. The van der Waals surface area contributed by atoms with E-state index >= 15 is 0 Å². The largest absolute Gasteiger partial charge is 0.207 e. The van der Waals surface area contributed by atoms with Gasteiger partial charge in [-0.05, 0) is 0 Å². The highest BCUT2D eigenvalue weighted by atomic mass is 15.3. The normalized spacial score (nSPS) is 15.3. The van der Waals surface area contributed by atoms with E-state index < -0.39 is 0 Å².